The van der Waals surface area contributed by atoms with Gasteiger partial charge in [0.05, 0.1) is 11.8 Å². The van der Waals surface area contributed by atoms with Gasteiger partial charge in [0.25, 0.3) is 5.91 Å². The zero-order valence-electron chi connectivity index (χ0n) is 10.2. The Hall–Kier alpha value is -1.45. The number of amides is 1. The van der Waals surface area contributed by atoms with E-state index < -0.39 is 5.82 Å². The number of nitrogens with zero attached hydrogens (tertiary/aromatic N) is 2. The number of rotatable bonds is 4. The molecule has 92 valence electrons. The summed E-state index contributed by atoms with van der Waals surface area (Å²) in [5.74, 6) is -0.169. The fraction of sp³-hybridized carbons (Fsp3) is 0.538. The van der Waals surface area contributed by atoms with Crippen molar-refractivity contribution in [2.24, 2.45) is 5.92 Å². The molecule has 0 saturated heterocycles. The van der Waals surface area contributed by atoms with Gasteiger partial charge in [-0.1, -0.05) is 0 Å². The van der Waals surface area contributed by atoms with Gasteiger partial charge < -0.3 is 4.90 Å². The second kappa shape index (κ2) is 4.82. The molecule has 1 fully saturated rings. The fourth-order valence-electron chi connectivity index (χ4n) is 1.81. The summed E-state index contributed by atoms with van der Waals surface area (Å²) in [7, 11) is 0. The molecule has 0 N–H and O–H groups in total. The van der Waals surface area contributed by atoms with Crippen molar-refractivity contribution in [3.05, 3.63) is 29.8 Å². The molecular weight excluding hydrogens is 219 g/mol. The van der Waals surface area contributed by atoms with Crippen LogP contribution in [0, 0.1) is 11.7 Å². The molecule has 3 nitrogen and oxygen atoms in total. The van der Waals surface area contributed by atoms with Crippen molar-refractivity contribution < 1.29 is 9.18 Å². The third-order valence-corrected chi connectivity index (χ3v) is 3.04. The van der Waals surface area contributed by atoms with Crippen molar-refractivity contribution >= 4 is 5.91 Å². The van der Waals surface area contributed by atoms with Crippen molar-refractivity contribution in [2.45, 2.75) is 32.7 Å². The fourth-order valence-corrected chi connectivity index (χ4v) is 1.81. The molecule has 0 aliphatic heterocycles. The molecule has 1 aromatic rings. The second-order valence-corrected chi connectivity index (χ2v) is 4.85. The van der Waals surface area contributed by atoms with Crippen LogP contribution in [0.15, 0.2) is 18.5 Å². The van der Waals surface area contributed by atoms with Gasteiger partial charge in [-0.25, -0.2) is 4.39 Å². The van der Waals surface area contributed by atoms with Gasteiger partial charge in [0.15, 0.2) is 5.82 Å². The molecule has 4 heteroatoms. The summed E-state index contributed by atoms with van der Waals surface area (Å²) in [6.45, 7) is 4.65. The highest BCUT2D eigenvalue weighted by Crippen LogP contribution is 2.30. The first kappa shape index (κ1) is 12.0. The van der Waals surface area contributed by atoms with E-state index in [1.807, 2.05) is 13.8 Å². The Balaban J connectivity index is 2.18. The summed E-state index contributed by atoms with van der Waals surface area (Å²) in [4.78, 5) is 17.6. The van der Waals surface area contributed by atoms with Gasteiger partial charge in [0.2, 0.25) is 0 Å². The highest BCUT2D eigenvalue weighted by atomic mass is 19.1. The topological polar surface area (TPSA) is 33.2 Å². The van der Waals surface area contributed by atoms with Crippen LogP contribution in [0.4, 0.5) is 4.39 Å². The van der Waals surface area contributed by atoms with Crippen LogP contribution in [0.3, 0.4) is 0 Å². The Morgan fingerprint density at radius 3 is 2.82 bits per heavy atom. The maximum absolute atomic E-state index is 13.5. The predicted octanol–water partition coefficient (Wildman–Crippen LogP) is 2.48. The lowest BCUT2D eigenvalue weighted by atomic mass is 10.2. The molecule has 0 unspecified atom stereocenters. The average molecular weight is 236 g/mol. The van der Waals surface area contributed by atoms with Gasteiger partial charge in [-0.3, -0.25) is 9.78 Å². The third-order valence-electron chi connectivity index (χ3n) is 3.04. The first-order chi connectivity index (χ1) is 8.09. The molecule has 1 saturated carbocycles. The quantitative estimate of drug-likeness (QED) is 0.804. The van der Waals surface area contributed by atoms with Crippen molar-refractivity contribution in [2.75, 3.05) is 6.54 Å². The first-order valence-corrected chi connectivity index (χ1v) is 6.00. The van der Waals surface area contributed by atoms with Gasteiger partial charge in [0.1, 0.15) is 0 Å². The minimum absolute atomic E-state index is 0.0932. The van der Waals surface area contributed by atoms with Crippen LogP contribution >= 0.6 is 0 Å². The summed E-state index contributed by atoms with van der Waals surface area (Å²) in [6.07, 6.45) is 4.89. The maximum atomic E-state index is 13.5. The van der Waals surface area contributed by atoms with E-state index in [-0.39, 0.29) is 17.5 Å². The molecule has 1 amide bonds. The van der Waals surface area contributed by atoms with E-state index >= 15 is 0 Å². The molecule has 1 aliphatic carbocycles. The Kier molecular flexibility index (Phi) is 3.41. The van der Waals surface area contributed by atoms with Crippen LogP contribution < -0.4 is 0 Å². The van der Waals surface area contributed by atoms with Crippen LogP contribution in [0.25, 0.3) is 0 Å². The van der Waals surface area contributed by atoms with Crippen molar-refractivity contribution in [1.29, 1.82) is 0 Å². The van der Waals surface area contributed by atoms with Crippen LogP contribution in [0.1, 0.15) is 37.0 Å². The summed E-state index contributed by atoms with van der Waals surface area (Å²) in [5.41, 5.74) is 0.120. The minimum atomic E-state index is -0.543. The van der Waals surface area contributed by atoms with Gasteiger partial charge in [-0.05, 0) is 38.7 Å². The normalized spacial score (nSPS) is 15.1. The molecule has 0 spiro atoms. The van der Waals surface area contributed by atoms with Gasteiger partial charge in [-0.2, -0.15) is 0 Å². The summed E-state index contributed by atoms with van der Waals surface area (Å²) in [5, 5.41) is 0. The lowest BCUT2D eigenvalue weighted by molar-refractivity contribution is 0.0691. The Labute approximate surface area is 101 Å². The van der Waals surface area contributed by atoms with Crippen LogP contribution in [-0.4, -0.2) is 28.4 Å². The van der Waals surface area contributed by atoms with E-state index in [1.165, 1.54) is 25.1 Å². The zero-order valence-corrected chi connectivity index (χ0v) is 10.2. The molecule has 1 aromatic heterocycles. The minimum Gasteiger partial charge on any atom is -0.336 e. The second-order valence-electron chi connectivity index (χ2n) is 4.85. The van der Waals surface area contributed by atoms with Crippen LogP contribution in [0.5, 0.6) is 0 Å². The number of hydrogen-bond acceptors (Lipinski definition) is 2. The monoisotopic (exact) mass is 236 g/mol. The zero-order chi connectivity index (χ0) is 12.4. The molecule has 17 heavy (non-hydrogen) atoms. The van der Waals surface area contributed by atoms with Gasteiger partial charge >= 0.3 is 0 Å². The highest BCUT2D eigenvalue weighted by molar-refractivity contribution is 5.94. The van der Waals surface area contributed by atoms with Crippen molar-refractivity contribution in [3.63, 3.8) is 0 Å². The highest BCUT2D eigenvalue weighted by Gasteiger charge is 2.29. The standard InChI is InChI=1S/C13H17FN2O/c1-9(2)16(8-10-3-4-10)13(17)11-5-6-15-7-12(11)14/h5-7,9-10H,3-4,8H2,1-2H3. The number of halogens is 1. The molecule has 1 aliphatic rings. The first-order valence-electron chi connectivity index (χ1n) is 6.00. The van der Waals surface area contributed by atoms with E-state index in [1.54, 1.807) is 4.90 Å². The molecule has 0 bridgehead atoms. The van der Waals surface area contributed by atoms with Crippen LogP contribution in [-0.2, 0) is 0 Å². The van der Waals surface area contributed by atoms with Crippen LogP contribution in [0.2, 0.25) is 0 Å². The molecule has 1 heterocycles. The Bertz CT molecular complexity index is 416. The van der Waals surface area contributed by atoms with Crippen molar-refractivity contribution in [3.8, 4) is 0 Å². The predicted molar refractivity (Wildman–Crippen MR) is 63.1 cm³/mol. The number of hydrogen-bond donors (Lipinski definition) is 0. The number of aromatic nitrogens is 1. The molecule has 0 aromatic carbocycles. The summed E-state index contributed by atoms with van der Waals surface area (Å²) in [6, 6.07) is 1.54. The molecule has 0 radical (unpaired) electrons. The number of pyridine rings is 1. The van der Waals surface area contributed by atoms with Gasteiger partial charge in [-0.15, -0.1) is 0 Å². The van der Waals surface area contributed by atoms with Crippen molar-refractivity contribution in [1.82, 2.24) is 9.88 Å². The van der Waals surface area contributed by atoms with E-state index in [0.717, 1.165) is 12.7 Å². The average Bonchev–Trinajstić information content (AvgIpc) is 3.09. The van der Waals surface area contributed by atoms with E-state index in [9.17, 15) is 9.18 Å². The molecule has 0 atom stereocenters. The Morgan fingerprint density at radius 1 is 1.59 bits per heavy atom. The lowest BCUT2D eigenvalue weighted by Crippen LogP contribution is -2.38. The largest absolute Gasteiger partial charge is 0.336 e. The van der Waals surface area contributed by atoms with E-state index in [4.69, 9.17) is 0 Å². The third kappa shape index (κ3) is 2.81. The summed E-state index contributed by atoms with van der Waals surface area (Å²) < 4.78 is 13.5. The van der Waals surface area contributed by atoms with E-state index in [0.29, 0.717) is 5.92 Å². The smallest absolute Gasteiger partial charge is 0.257 e. The SMILES string of the molecule is CC(C)N(CC1CC1)C(=O)c1ccncc1F. The van der Waals surface area contributed by atoms with E-state index in [2.05, 4.69) is 4.98 Å². The lowest BCUT2D eigenvalue weighted by Gasteiger charge is -2.27. The maximum Gasteiger partial charge on any atom is 0.257 e. The Morgan fingerprint density at radius 2 is 2.29 bits per heavy atom. The van der Waals surface area contributed by atoms with Gasteiger partial charge in [0, 0.05) is 18.8 Å². The summed E-state index contributed by atoms with van der Waals surface area (Å²) >= 11 is 0. The molecule has 2 rings (SSSR count). The number of carbonyl (C=O) groups is 1. The number of carbonyl (C=O) groups excluding carboxylic acids is 1. The molecular formula is C13H17FN2O.